The molecule has 0 heterocycles. The molecule has 0 amide bonds. The second kappa shape index (κ2) is 10.4. The first kappa shape index (κ1) is 26.4. The molecule has 0 fully saturated rings. The molecule has 2 aromatic rings. The van der Waals surface area contributed by atoms with Crippen molar-refractivity contribution < 1.29 is 58.7 Å². The number of rotatable bonds is 5. The number of ether oxygens (including phenoxy) is 1. The van der Waals surface area contributed by atoms with Crippen LogP contribution in [0.4, 0.5) is 0 Å². The van der Waals surface area contributed by atoms with E-state index >= 15 is 0 Å². The van der Waals surface area contributed by atoms with Gasteiger partial charge in [0.1, 0.15) is 0 Å². The van der Waals surface area contributed by atoms with Gasteiger partial charge in [0.05, 0.1) is 0 Å². The first-order valence-electron chi connectivity index (χ1n) is 10.1. The molecule has 31 heavy (non-hydrogen) atoms. The fourth-order valence-corrected chi connectivity index (χ4v) is 5.54. The number of allylic oxidation sites excluding steroid dienone is 3. The molecule has 0 saturated heterocycles. The number of hydrogen-bond acceptors (Lipinski definition) is 2. The van der Waals surface area contributed by atoms with Crippen LogP contribution in [0.5, 0.6) is 0 Å². The summed E-state index contributed by atoms with van der Waals surface area (Å²) in [6.45, 7) is 11.3. The monoisotopic (exact) mass is 547 g/mol. The summed E-state index contributed by atoms with van der Waals surface area (Å²) < 4.78 is 13.3. The van der Waals surface area contributed by atoms with E-state index in [2.05, 4.69) is 82.0 Å². The van der Waals surface area contributed by atoms with Crippen molar-refractivity contribution in [1.82, 2.24) is 0 Å². The minimum atomic E-state index is -1.57. The molecule has 0 N–H and O–H groups in total. The topological polar surface area (TPSA) is 18.5 Å². The standard InChI is InChI=1S/C25H27O2Si.2ClH.Zr/c1-17(2)21-12-13-23-22-9-7-6-8-18(22)15-24(23)25(21)19-10-11-20(14-19)26-16-27-28(3,4)5;;;/h6-9,11-14H,10,16H2,1-5H3;2*1H;/q;;;+2/p-2. The van der Waals surface area contributed by atoms with Crippen LogP contribution in [-0.4, -0.2) is 15.1 Å². The van der Waals surface area contributed by atoms with E-state index in [0.29, 0.717) is 6.79 Å². The van der Waals surface area contributed by atoms with E-state index in [1.165, 1.54) is 71.1 Å². The van der Waals surface area contributed by atoms with Gasteiger partial charge < -0.3 is 24.8 Å². The smallest absolute Gasteiger partial charge is 1.00 e. The van der Waals surface area contributed by atoms with Crippen molar-refractivity contribution in [2.24, 2.45) is 0 Å². The maximum atomic E-state index is 5.93. The van der Waals surface area contributed by atoms with Crippen molar-refractivity contribution in [2.45, 2.75) is 39.9 Å². The van der Waals surface area contributed by atoms with Crippen LogP contribution in [0.1, 0.15) is 31.4 Å². The van der Waals surface area contributed by atoms with E-state index in [-0.39, 0.29) is 24.8 Å². The quantitative estimate of drug-likeness (QED) is 0.341. The van der Waals surface area contributed by atoms with Gasteiger partial charge in [0.2, 0.25) is 0 Å². The van der Waals surface area contributed by atoms with Gasteiger partial charge in [0.25, 0.3) is 0 Å². The molecule has 0 aliphatic heterocycles. The molecule has 0 saturated carbocycles. The Morgan fingerprint density at radius 3 is 2.26 bits per heavy atom. The first-order chi connectivity index (χ1) is 13.8. The van der Waals surface area contributed by atoms with Gasteiger partial charge in [-0.05, 0) is 0 Å². The Hall–Kier alpha value is -0.900. The zero-order valence-electron chi connectivity index (χ0n) is 18.6. The van der Waals surface area contributed by atoms with Crippen molar-refractivity contribution in [3.63, 3.8) is 0 Å². The Morgan fingerprint density at radius 1 is 0.935 bits per heavy atom. The predicted octanol–water partition coefficient (Wildman–Crippen LogP) is -1.31. The zero-order chi connectivity index (χ0) is 20.8. The summed E-state index contributed by atoms with van der Waals surface area (Å²) in [5, 5.41) is 5.46. The van der Waals surface area contributed by atoms with Crippen molar-refractivity contribution >= 4 is 22.7 Å². The summed E-state index contributed by atoms with van der Waals surface area (Å²) in [6.07, 6.45) is 5.29. The van der Waals surface area contributed by atoms with Gasteiger partial charge in [-0.15, -0.1) is 0 Å². The molecular formula is C25H27Cl2O2SiZr. The van der Waals surface area contributed by atoms with Gasteiger partial charge in [-0.1, -0.05) is 0 Å². The number of hydrogen-bond donors (Lipinski definition) is 0. The van der Waals surface area contributed by atoms with E-state index in [1.54, 1.807) is 0 Å². The van der Waals surface area contributed by atoms with Gasteiger partial charge in [-0.3, -0.25) is 0 Å². The van der Waals surface area contributed by atoms with Gasteiger partial charge in [-0.25, -0.2) is 0 Å². The summed E-state index contributed by atoms with van der Waals surface area (Å²) in [6, 6.07) is 13.4. The van der Waals surface area contributed by atoms with Gasteiger partial charge in [0.15, 0.2) is 0 Å². The summed E-state index contributed by atoms with van der Waals surface area (Å²) in [4.78, 5) is 0. The minimum absolute atomic E-state index is 0. The molecular weight excluding hydrogens is 522 g/mol. The van der Waals surface area contributed by atoms with E-state index in [0.717, 1.165) is 12.2 Å². The van der Waals surface area contributed by atoms with Crippen LogP contribution in [0, 0.1) is 10.4 Å². The maximum Gasteiger partial charge on any atom is -1.00 e. The summed E-state index contributed by atoms with van der Waals surface area (Å²) in [5.74, 6) is 0.927. The molecule has 2 aliphatic carbocycles. The molecule has 2 aromatic carbocycles. The van der Waals surface area contributed by atoms with Crippen molar-refractivity contribution in [3.05, 3.63) is 86.3 Å². The normalized spacial score (nSPS) is 14.1. The second-order valence-electron chi connectivity index (χ2n) is 8.83. The van der Waals surface area contributed by atoms with Gasteiger partial charge in [-0.2, -0.15) is 0 Å². The van der Waals surface area contributed by atoms with Crippen LogP contribution >= 0.6 is 0 Å². The summed E-state index contributed by atoms with van der Waals surface area (Å²) >= 11 is 1.46. The van der Waals surface area contributed by atoms with Crippen molar-refractivity contribution in [2.75, 3.05) is 6.79 Å². The molecule has 0 bridgehead atoms. The fraction of sp³-hybridized carbons (Fsp3) is 0.280. The SMILES string of the molecule is CC(C)=c1ccc2c(c1C1=CC(OCO[Si](C)(C)C)=CC1)[C]([Zr+2])=c1ccccc1=2.[Cl-].[Cl-]. The molecule has 6 heteroatoms. The summed E-state index contributed by atoms with van der Waals surface area (Å²) in [5.41, 5.74) is 5.49. The van der Waals surface area contributed by atoms with Gasteiger partial charge in [0, 0.05) is 0 Å². The zero-order valence-corrected chi connectivity index (χ0v) is 23.6. The Kier molecular flexibility index (Phi) is 8.81. The largest absolute Gasteiger partial charge is 1.00 e. The number of fused-ring (bicyclic) bond motifs is 2. The Bertz CT molecular complexity index is 1270. The van der Waals surface area contributed by atoms with Crippen molar-refractivity contribution in [3.8, 4) is 0 Å². The third-order valence-corrected chi connectivity index (χ3v) is 7.62. The first-order valence-corrected chi connectivity index (χ1v) is 14.7. The Morgan fingerprint density at radius 2 is 1.61 bits per heavy atom. The van der Waals surface area contributed by atoms with Crippen LogP contribution in [0.15, 0.2) is 54.3 Å². The molecule has 161 valence electrons. The second-order valence-corrected chi connectivity index (χ2v) is 14.6. The molecule has 0 radical (unpaired) electrons. The Labute approximate surface area is 213 Å². The number of halogens is 2. The summed E-state index contributed by atoms with van der Waals surface area (Å²) in [7, 11) is -1.57. The van der Waals surface area contributed by atoms with E-state index in [9.17, 15) is 0 Å². The Balaban J connectivity index is 0.00000171. The molecule has 2 nitrogen and oxygen atoms in total. The molecule has 0 spiro atoms. The molecule has 4 rings (SSSR count). The third kappa shape index (κ3) is 5.37. The van der Waals surface area contributed by atoms with Crippen LogP contribution in [0.3, 0.4) is 0 Å². The molecule has 0 aromatic heterocycles. The molecule has 2 aliphatic rings. The van der Waals surface area contributed by atoms with Gasteiger partial charge >= 0.3 is 190 Å². The average Bonchev–Trinajstić information content (AvgIpc) is 3.24. The number of benzene rings is 2. The van der Waals surface area contributed by atoms with E-state index < -0.39 is 8.32 Å². The fourth-order valence-electron chi connectivity index (χ4n) is 3.96. The van der Waals surface area contributed by atoms with Crippen LogP contribution in [-0.2, 0) is 33.9 Å². The molecule has 0 atom stereocenters. The average molecular weight is 550 g/mol. The predicted molar refractivity (Wildman–Crippen MR) is 118 cm³/mol. The van der Waals surface area contributed by atoms with Crippen molar-refractivity contribution in [1.29, 1.82) is 0 Å². The molecule has 0 unspecified atom stereocenters. The van der Waals surface area contributed by atoms with Crippen LogP contribution in [0.2, 0.25) is 19.6 Å². The third-order valence-electron chi connectivity index (χ3n) is 5.36. The van der Waals surface area contributed by atoms with Crippen LogP contribution in [0.25, 0.3) is 14.4 Å². The minimum Gasteiger partial charge on any atom is -1.00 e. The van der Waals surface area contributed by atoms with E-state index in [4.69, 9.17) is 9.16 Å². The van der Waals surface area contributed by atoms with Crippen LogP contribution < -0.4 is 35.3 Å². The van der Waals surface area contributed by atoms with E-state index in [1.807, 2.05) is 0 Å². The maximum absolute atomic E-state index is 5.93.